The summed E-state index contributed by atoms with van der Waals surface area (Å²) in [5.74, 6) is -2.33. The summed E-state index contributed by atoms with van der Waals surface area (Å²) in [5, 5.41) is 47.7. The summed E-state index contributed by atoms with van der Waals surface area (Å²) in [7, 11) is -25.2. The maximum absolute atomic E-state index is 12.8. The summed E-state index contributed by atoms with van der Waals surface area (Å²) < 4.78 is 193. The van der Waals surface area contributed by atoms with Gasteiger partial charge in [0, 0.05) is 16.3 Å². The summed E-state index contributed by atoms with van der Waals surface area (Å²) in [5.41, 5.74) is 7.94. The molecule has 0 saturated heterocycles. The lowest BCUT2D eigenvalue weighted by Crippen LogP contribution is -2.15. The fraction of sp³-hybridized carbons (Fsp3) is 0.239. The minimum atomic E-state index is -4.97. The van der Waals surface area contributed by atoms with Gasteiger partial charge in [0.05, 0.1) is 74.2 Å². The number of primary amides is 1. The molecule has 0 unspecified atom stereocenters. The van der Waals surface area contributed by atoms with E-state index in [1.165, 1.54) is 29.5 Å². The summed E-state index contributed by atoms with van der Waals surface area (Å²) in [6, 6.07) is 15.8. The van der Waals surface area contributed by atoms with Crippen molar-refractivity contribution in [2.45, 2.75) is 54.9 Å². The highest BCUT2D eigenvalue weighted by Gasteiger charge is 2.26. The van der Waals surface area contributed by atoms with Crippen LogP contribution in [0.5, 0.6) is 11.6 Å². The fourth-order valence-corrected chi connectivity index (χ4v) is 12.2. The van der Waals surface area contributed by atoms with Gasteiger partial charge in [0.15, 0.2) is 5.65 Å². The first-order valence-corrected chi connectivity index (χ1v) is 34.4. The SMILES string of the molecule is CS(=O)(=O)O.Cc1cc(N=Nc2cc(OCCCS(=O)(=O)O)c(N=Nc3c(C)c(C(N)=O)c4nc5ccccc5n4c3O)cc2C)c(SCCCS(=O)(=O)O)cc1N=Nc1nc2c(S(=O)(=O)O)cc3c(CO)cc(S(=O)(=O)O)cc3c2s1.O=S(=O)=O. The molecule has 0 saturated carbocycles. The number of thioether (sulfide) groups is 1. The number of carbonyl (C=O) groups excluding carboxylic acids is 1. The number of aliphatic hydroxyl groups excluding tert-OH is 1. The smallest absolute Gasteiger partial charge is 0.425 e. The Labute approximate surface area is 497 Å². The summed E-state index contributed by atoms with van der Waals surface area (Å²) in [6.45, 7) is 3.76. The zero-order valence-electron chi connectivity index (χ0n) is 44.4. The molecule has 32 nitrogen and oxygen atoms in total. The molecule has 1 amide bonds. The number of aliphatic hydroxyl groups is 1. The van der Waals surface area contributed by atoms with E-state index in [2.05, 4.69) is 40.7 Å². The minimum Gasteiger partial charge on any atom is -0.493 e. The van der Waals surface area contributed by atoms with Crippen molar-refractivity contribution in [3.05, 3.63) is 94.5 Å². The highest BCUT2D eigenvalue weighted by atomic mass is 32.2. The Bertz CT molecular complexity index is 4830. The van der Waals surface area contributed by atoms with Crippen LogP contribution in [0.2, 0.25) is 0 Å². The third-order valence-corrected chi connectivity index (χ3v) is 16.9. The molecule has 9 N–H and O–H groups in total. The molecule has 5 aromatic carbocycles. The number of para-hydroxylation sites is 2. The summed E-state index contributed by atoms with van der Waals surface area (Å²) in [4.78, 5) is 20.6. The number of nitrogens with zero attached hydrogens (tertiary/aromatic N) is 9. The Morgan fingerprint density at radius 3 is 1.88 bits per heavy atom. The lowest BCUT2D eigenvalue weighted by molar-refractivity contribution is 0.100. The Balaban J connectivity index is 0.00000122. The van der Waals surface area contributed by atoms with Crippen molar-refractivity contribution in [2.75, 3.05) is 30.1 Å². The number of aromatic hydroxyl groups is 1. The second-order valence-corrected chi connectivity index (χ2v) is 27.8. The first-order chi connectivity index (χ1) is 39.8. The van der Waals surface area contributed by atoms with E-state index in [4.69, 9.17) is 27.6 Å². The fourth-order valence-electron chi connectivity index (χ4n) is 7.88. The first kappa shape index (κ1) is 67.7. The van der Waals surface area contributed by atoms with E-state index in [0.29, 0.717) is 33.3 Å². The van der Waals surface area contributed by atoms with E-state index in [0.717, 1.165) is 41.3 Å². The van der Waals surface area contributed by atoms with E-state index in [1.54, 1.807) is 44.2 Å². The Morgan fingerprint density at radius 2 is 1.29 bits per heavy atom. The third-order valence-electron chi connectivity index (χ3n) is 11.5. The number of rotatable bonds is 20. The molecule has 0 atom stereocenters. The van der Waals surface area contributed by atoms with Crippen LogP contribution in [0.15, 0.2) is 112 Å². The molecule has 86 heavy (non-hydrogen) atoms. The van der Waals surface area contributed by atoms with Gasteiger partial charge in [0.25, 0.3) is 56.5 Å². The van der Waals surface area contributed by atoms with E-state index in [9.17, 15) is 75.3 Å². The Morgan fingerprint density at radius 1 is 0.721 bits per heavy atom. The summed E-state index contributed by atoms with van der Waals surface area (Å²) in [6.07, 6.45) is 0.560. The number of nitrogens with two attached hydrogens (primary N) is 1. The maximum Gasteiger partial charge on any atom is 0.425 e. The van der Waals surface area contributed by atoms with Crippen LogP contribution in [0.3, 0.4) is 0 Å². The standard InChI is InChI=1S/C45H42N10O16S6.CH4O3S.O3S/c1-22-14-32(51-53-39-24(3)38(42(46)57)43-47-29-8-4-5-9-34(29)55(43)44(39)58)35(71-10-6-12-74(59,60)61)19-30(22)49-52-33-15-23(2)31(20-36(33)72-11-7-13-75(62,63)64)50-54-45-48-40-37(77(68,69)70)18-27-25(21-56)16-26(76(65,66)67)17-28(27)41(40)73-45;1-5(2,3)4;1-4(2)3/h4-5,8-9,14-20,56,58H,6-7,10-13,21H2,1-3H3,(H2,46,57)(H,59,60,61)(H,62,63,64)(H,65,66,67)(H,68,69,70);1H3,(H,2,3,4);. The molecule has 3 aromatic heterocycles. The van der Waals surface area contributed by atoms with Crippen molar-refractivity contribution >= 4 is 161 Å². The van der Waals surface area contributed by atoms with E-state index >= 15 is 0 Å². The molecule has 3 heterocycles. The predicted molar refractivity (Wildman–Crippen MR) is 311 cm³/mol. The third kappa shape index (κ3) is 17.8. The molecule has 0 aliphatic rings. The summed E-state index contributed by atoms with van der Waals surface area (Å²) >= 11 is 1.87. The van der Waals surface area contributed by atoms with Crippen molar-refractivity contribution in [2.24, 2.45) is 36.4 Å². The van der Waals surface area contributed by atoms with Crippen molar-refractivity contribution in [3.63, 3.8) is 0 Å². The number of imidazole rings is 1. The monoisotopic (exact) mass is 1350 g/mol. The number of thiazole rings is 1. The molecule has 0 aliphatic heterocycles. The van der Waals surface area contributed by atoms with Crippen LogP contribution >= 0.6 is 23.1 Å². The average molecular weight is 1350 g/mol. The first-order valence-electron chi connectivity index (χ1n) is 23.6. The van der Waals surface area contributed by atoms with Gasteiger partial charge in [0.2, 0.25) is 11.0 Å². The zero-order chi connectivity index (χ0) is 64.0. The van der Waals surface area contributed by atoms with Gasteiger partial charge >= 0.3 is 10.6 Å². The number of carbonyl (C=O) groups is 1. The van der Waals surface area contributed by atoms with Gasteiger partial charge in [-0.15, -0.1) is 50.0 Å². The number of hydrogen-bond acceptors (Lipinski definition) is 27. The number of aromatic nitrogens is 3. The molecule has 460 valence electrons. The van der Waals surface area contributed by atoms with Crippen LogP contribution in [-0.2, 0) is 67.8 Å². The van der Waals surface area contributed by atoms with Gasteiger partial charge in [-0.1, -0.05) is 23.5 Å². The molecule has 0 bridgehead atoms. The quantitative estimate of drug-likeness (QED) is 0.0156. The average Bonchev–Trinajstić information content (AvgIpc) is 1.53. The van der Waals surface area contributed by atoms with Gasteiger partial charge in [-0.3, -0.25) is 32.0 Å². The molecular weight excluding hydrogens is 1300 g/mol. The lowest BCUT2D eigenvalue weighted by Gasteiger charge is -2.13. The van der Waals surface area contributed by atoms with Gasteiger partial charge in [-0.2, -0.15) is 47.2 Å². The number of aryl methyl sites for hydroxylation is 2. The second kappa shape index (κ2) is 27.1. The lowest BCUT2D eigenvalue weighted by atomic mass is 10.0. The normalized spacial score (nSPS) is 12.6. The van der Waals surface area contributed by atoms with Gasteiger partial charge in [0.1, 0.15) is 27.5 Å². The van der Waals surface area contributed by atoms with Crippen LogP contribution in [0.1, 0.15) is 45.5 Å². The van der Waals surface area contributed by atoms with E-state index in [-0.39, 0.29) is 108 Å². The second-order valence-electron chi connectivity index (χ2n) is 17.9. The topological polar surface area (TPSA) is 520 Å². The largest absolute Gasteiger partial charge is 0.493 e. The molecule has 0 spiro atoms. The van der Waals surface area contributed by atoms with Crippen molar-refractivity contribution < 1.29 is 97.2 Å². The van der Waals surface area contributed by atoms with Crippen LogP contribution in [0.4, 0.5) is 33.6 Å². The van der Waals surface area contributed by atoms with Crippen LogP contribution < -0.4 is 10.5 Å². The van der Waals surface area contributed by atoms with Gasteiger partial charge in [-0.25, -0.2) is 9.97 Å². The van der Waals surface area contributed by atoms with Crippen LogP contribution in [0.25, 0.3) is 37.7 Å². The molecule has 8 aromatic rings. The molecule has 0 aliphatic carbocycles. The van der Waals surface area contributed by atoms with Gasteiger partial charge in [-0.05, 0) is 116 Å². The van der Waals surface area contributed by atoms with Gasteiger partial charge < -0.3 is 20.7 Å². The number of amides is 1. The van der Waals surface area contributed by atoms with Crippen LogP contribution in [-0.4, -0.2) is 138 Å². The highest BCUT2D eigenvalue weighted by Crippen LogP contribution is 2.44. The highest BCUT2D eigenvalue weighted by molar-refractivity contribution is 7.99. The number of hydrogen-bond donors (Lipinski definition) is 8. The number of azo groups is 3. The number of pyridine rings is 1. The maximum atomic E-state index is 12.8. The molecule has 40 heteroatoms. The van der Waals surface area contributed by atoms with Crippen LogP contribution in [0, 0.1) is 20.8 Å². The number of fused-ring (bicyclic) bond motifs is 6. The minimum absolute atomic E-state index is 0.000816. The zero-order valence-corrected chi connectivity index (χ0v) is 51.0. The molecule has 8 rings (SSSR count). The Hall–Kier alpha value is -7.45. The van der Waals surface area contributed by atoms with E-state index in [1.807, 2.05) is 0 Å². The van der Waals surface area contributed by atoms with Crippen molar-refractivity contribution in [1.82, 2.24) is 14.4 Å². The molecule has 0 fully saturated rings. The predicted octanol–water partition coefficient (Wildman–Crippen LogP) is 7.74. The Kier molecular flexibility index (Phi) is 21.3. The van der Waals surface area contributed by atoms with Crippen molar-refractivity contribution in [3.8, 4) is 11.6 Å². The number of benzene rings is 5. The molecular formula is C46H46N10O22S8. The van der Waals surface area contributed by atoms with E-state index < -0.39 is 101 Å². The van der Waals surface area contributed by atoms with Crippen molar-refractivity contribution in [1.29, 1.82) is 0 Å². The molecule has 0 radical (unpaired) electrons. The number of ether oxygens (including phenoxy) is 1.